The van der Waals surface area contributed by atoms with Gasteiger partial charge < -0.3 is 10.8 Å². The van der Waals surface area contributed by atoms with Crippen molar-refractivity contribution in [2.45, 2.75) is 44.6 Å². The van der Waals surface area contributed by atoms with Crippen LogP contribution in [0.25, 0.3) is 0 Å². The van der Waals surface area contributed by atoms with E-state index in [0.29, 0.717) is 16.6 Å². The van der Waals surface area contributed by atoms with Crippen LogP contribution in [0.15, 0.2) is 18.2 Å². The second kappa shape index (κ2) is 6.01. The standard InChI is InChI=1S/C15H21Cl2NO/c1-15(7-2-3-8-15)14(19)10(9-18)13-11(16)5-4-6-12(13)17/h4-6,10,14,19H,2-3,7-9,18H2,1H3. The molecule has 2 rings (SSSR count). The van der Waals surface area contributed by atoms with Crippen LogP contribution in [0.5, 0.6) is 0 Å². The van der Waals surface area contributed by atoms with Gasteiger partial charge in [-0.2, -0.15) is 0 Å². The zero-order valence-electron chi connectivity index (χ0n) is 11.2. The number of hydrogen-bond acceptors (Lipinski definition) is 2. The lowest BCUT2D eigenvalue weighted by Gasteiger charge is -2.36. The average Bonchev–Trinajstić information content (AvgIpc) is 2.81. The zero-order valence-corrected chi connectivity index (χ0v) is 12.7. The first kappa shape index (κ1) is 15.1. The molecule has 4 heteroatoms. The Hall–Kier alpha value is -0.280. The Balaban J connectivity index is 2.34. The first-order valence-corrected chi connectivity index (χ1v) is 7.57. The molecule has 0 aliphatic heterocycles. The highest BCUT2D eigenvalue weighted by Gasteiger charge is 2.41. The number of rotatable bonds is 4. The van der Waals surface area contributed by atoms with Gasteiger partial charge in [0.2, 0.25) is 0 Å². The molecule has 19 heavy (non-hydrogen) atoms. The summed E-state index contributed by atoms with van der Waals surface area (Å²) in [4.78, 5) is 0. The summed E-state index contributed by atoms with van der Waals surface area (Å²) in [5, 5.41) is 11.9. The Morgan fingerprint density at radius 2 is 1.79 bits per heavy atom. The lowest BCUT2D eigenvalue weighted by Crippen LogP contribution is -2.38. The van der Waals surface area contributed by atoms with E-state index in [4.69, 9.17) is 28.9 Å². The maximum Gasteiger partial charge on any atom is 0.0675 e. The molecule has 0 saturated heterocycles. The predicted octanol–water partition coefficient (Wildman–Crippen LogP) is 3.98. The van der Waals surface area contributed by atoms with Gasteiger partial charge in [-0.25, -0.2) is 0 Å². The minimum absolute atomic E-state index is 0.0768. The molecule has 1 aromatic carbocycles. The number of aliphatic hydroxyl groups excluding tert-OH is 1. The van der Waals surface area contributed by atoms with Crippen molar-refractivity contribution in [1.29, 1.82) is 0 Å². The summed E-state index contributed by atoms with van der Waals surface area (Å²) in [6.07, 6.45) is 3.90. The van der Waals surface area contributed by atoms with E-state index in [1.165, 1.54) is 12.8 Å². The van der Waals surface area contributed by atoms with Gasteiger partial charge in [-0.05, 0) is 36.0 Å². The number of halogens is 2. The van der Waals surface area contributed by atoms with Crippen molar-refractivity contribution in [3.8, 4) is 0 Å². The first-order valence-electron chi connectivity index (χ1n) is 6.81. The predicted molar refractivity (Wildman–Crippen MR) is 80.8 cm³/mol. The highest BCUT2D eigenvalue weighted by molar-refractivity contribution is 6.36. The maximum absolute atomic E-state index is 10.8. The summed E-state index contributed by atoms with van der Waals surface area (Å²) in [7, 11) is 0. The summed E-state index contributed by atoms with van der Waals surface area (Å²) in [6, 6.07) is 5.41. The van der Waals surface area contributed by atoms with Gasteiger partial charge in [-0.15, -0.1) is 0 Å². The van der Waals surface area contributed by atoms with Crippen LogP contribution in [-0.2, 0) is 0 Å². The van der Waals surface area contributed by atoms with Crippen molar-refractivity contribution in [3.63, 3.8) is 0 Å². The Kier molecular flexibility index (Phi) is 4.78. The fourth-order valence-electron chi connectivity index (χ4n) is 3.23. The van der Waals surface area contributed by atoms with Crippen LogP contribution in [0.2, 0.25) is 10.0 Å². The van der Waals surface area contributed by atoms with E-state index < -0.39 is 6.10 Å². The molecule has 0 aromatic heterocycles. The van der Waals surface area contributed by atoms with Gasteiger partial charge in [0, 0.05) is 22.5 Å². The minimum Gasteiger partial charge on any atom is -0.392 e. The summed E-state index contributed by atoms with van der Waals surface area (Å²) in [6.45, 7) is 2.48. The van der Waals surface area contributed by atoms with Crippen LogP contribution in [0.1, 0.15) is 44.1 Å². The quantitative estimate of drug-likeness (QED) is 0.884. The van der Waals surface area contributed by atoms with E-state index in [1.54, 1.807) is 12.1 Å². The molecule has 1 fully saturated rings. The third kappa shape index (κ3) is 2.92. The lowest BCUT2D eigenvalue weighted by atomic mass is 9.74. The van der Waals surface area contributed by atoms with Crippen LogP contribution < -0.4 is 5.73 Å². The molecular weight excluding hydrogens is 281 g/mol. The van der Waals surface area contributed by atoms with Gasteiger partial charge in [0.05, 0.1) is 6.10 Å². The van der Waals surface area contributed by atoms with E-state index in [0.717, 1.165) is 18.4 Å². The smallest absolute Gasteiger partial charge is 0.0675 e. The van der Waals surface area contributed by atoms with Crippen LogP contribution in [-0.4, -0.2) is 17.8 Å². The number of benzene rings is 1. The average molecular weight is 302 g/mol. The van der Waals surface area contributed by atoms with Crippen molar-refractivity contribution < 1.29 is 5.11 Å². The van der Waals surface area contributed by atoms with Gasteiger partial charge in [-0.1, -0.05) is 49.0 Å². The zero-order chi connectivity index (χ0) is 14.0. The SMILES string of the molecule is CC1(C(O)C(CN)c2c(Cl)cccc2Cl)CCCC1. The molecule has 106 valence electrons. The number of aliphatic hydroxyl groups is 1. The largest absolute Gasteiger partial charge is 0.392 e. The summed E-state index contributed by atoms with van der Waals surface area (Å²) in [5.74, 6) is -0.204. The summed E-state index contributed by atoms with van der Waals surface area (Å²) in [5.41, 5.74) is 6.60. The second-order valence-electron chi connectivity index (χ2n) is 5.78. The highest BCUT2D eigenvalue weighted by Crippen LogP contribution is 2.46. The van der Waals surface area contributed by atoms with Crippen molar-refractivity contribution in [2.75, 3.05) is 6.54 Å². The Bertz CT molecular complexity index is 424. The maximum atomic E-state index is 10.8. The van der Waals surface area contributed by atoms with Crippen molar-refractivity contribution in [3.05, 3.63) is 33.8 Å². The molecule has 2 nitrogen and oxygen atoms in total. The monoisotopic (exact) mass is 301 g/mol. The normalized spacial score (nSPS) is 21.3. The topological polar surface area (TPSA) is 46.2 Å². The number of nitrogens with two attached hydrogens (primary N) is 1. The molecule has 3 N–H and O–H groups in total. The van der Waals surface area contributed by atoms with E-state index in [1.807, 2.05) is 6.07 Å². The molecule has 0 spiro atoms. The molecule has 0 bridgehead atoms. The van der Waals surface area contributed by atoms with Crippen LogP contribution in [0.4, 0.5) is 0 Å². The van der Waals surface area contributed by atoms with Gasteiger partial charge in [0.25, 0.3) is 0 Å². The van der Waals surface area contributed by atoms with Crippen molar-refractivity contribution >= 4 is 23.2 Å². The molecule has 1 saturated carbocycles. The molecular formula is C15H21Cl2NO. The number of hydrogen-bond donors (Lipinski definition) is 2. The molecule has 0 radical (unpaired) electrons. The summed E-state index contributed by atoms with van der Waals surface area (Å²) >= 11 is 12.5. The van der Waals surface area contributed by atoms with Crippen molar-refractivity contribution in [1.82, 2.24) is 0 Å². The van der Waals surface area contributed by atoms with E-state index in [2.05, 4.69) is 6.92 Å². The molecule has 2 unspecified atom stereocenters. The fourth-order valence-corrected chi connectivity index (χ4v) is 3.91. The van der Waals surface area contributed by atoms with E-state index in [-0.39, 0.29) is 11.3 Å². The third-order valence-corrected chi connectivity index (χ3v) is 5.12. The third-order valence-electron chi connectivity index (χ3n) is 4.47. The lowest BCUT2D eigenvalue weighted by molar-refractivity contribution is 0.0213. The second-order valence-corrected chi connectivity index (χ2v) is 6.60. The Morgan fingerprint density at radius 1 is 1.26 bits per heavy atom. The first-order chi connectivity index (χ1) is 8.99. The molecule has 0 heterocycles. The fraction of sp³-hybridized carbons (Fsp3) is 0.600. The molecule has 2 atom stereocenters. The van der Waals surface area contributed by atoms with Crippen LogP contribution >= 0.6 is 23.2 Å². The molecule has 0 amide bonds. The van der Waals surface area contributed by atoms with Crippen LogP contribution in [0, 0.1) is 5.41 Å². The Morgan fingerprint density at radius 3 is 2.26 bits per heavy atom. The molecule has 1 aliphatic rings. The summed E-state index contributed by atoms with van der Waals surface area (Å²) < 4.78 is 0. The van der Waals surface area contributed by atoms with Gasteiger partial charge in [-0.3, -0.25) is 0 Å². The molecule has 1 aromatic rings. The Labute approximate surface area is 124 Å². The van der Waals surface area contributed by atoms with E-state index >= 15 is 0 Å². The van der Waals surface area contributed by atoms with Gasteiger partial charge >= 0.3 is 0 Å². The molecule has 1 aliphatic carbocycles. The van der Waals surface area contributed by atoms with Gasteiger partial charge in [0.1, 0.15) is 0 Å². The van der Waals surface area contributed by atoms with Crippen LogP contribution in [0.3, 0.4) is 0 Å². The van der Waals surface area contributed by atoms with E-state index in [9.17, 15) is 5.11 Å². The van der Waals surface area contributed by atoms with Crippen molar-refractivity contribution in [2.24, 2.45) is 11.1 Å². The minimum atomic E-state index is -0.502. The highest BCUT2D eigenvalue weighted by atomic mass is 35.5. The van der Waals surface area contributed by atoms with Gasteiger partial charge in [0.15, 0.2) is 0 Å².